The number of para-hydroxylation sites is 2. The summed E-state index contributed by atoms with van der Waals surface area (Å²) in [5.74, 6) is 3.05. The molecule has 0 radical (unpaired) electrons. The van der Waals surface area contributed by atoms with Crippen LogP contribution in [0.2, 0.25) is 0 Å². The molecule has 5 heterocycles. The molecule has 0 saturated carbocycles. The highest BCUT2D eigenvalue weighted by Gasteiger charge is 2.46. The molecule has 10 rings (SSSR count). The third-order valence-corrected chi connectivity index (χ3v) is 14.5. The van der Waals surface area contributed by atoms with E-state index in [9.17, 15) is 0 Å². The van der Waals surface area contributed by atoms with Crippen molar-refractivity contribution in [1.29, 1.82) is 0 Å². The summed E-state index contributed by atoms with van der Waals surface area (Å²) < 4.78 is 19.8. The minimum Gasteiger partial charge on any atom is -0.458 e. The third kappa shape index (κ3) is 3.72. The fraction of sp³-hybridized carbons (Fsp3) is 0. The van der Waals surface area contributed by atoms with Crippen LogP contribution in [0.15, 0.2) is 156 Å². The molecule has 5 aromatic carbocycles. The highest BCUT2D eigenvalue weighted by atomic mass is 28.3. The predicted molar refractivity (Wildman–Crippen MR) is 191 cm³/mol. The van der Waals surface area contributed by atoms with Crippen LogP contribution in [0.25, 0.3) is 21.9 Å². The number of hydrogen-bond donors (Lipinski definition) is 0. The van der Waals surface area contributed by atoms with Crippen molar-refractivity contribution in [3.05, 3.63) is 152 Å². The molecule has 0 N–H and O–H groups in total. The number of benzene rings is 5. The van der Waals surface area contributed by atoms with Crippen molar-refractivity contribution in [3.63, 3.8) is 0 Å². The SMILES string of the molecule is c1ccc([Si](c2ccccc2)(c2ccc3c(c2)Oc2ccnc4c2B3c2ccccc2O4)c2cccc3c2oc2ccncc23)cc1. The number of hydrogen-bond acceptors (Lipinski definition) is 5. The number of fused-ring (bicyclic) bond motifs is 7. The minimum absolute atomic E-state index is 0.0488. The second kappa shape index (κ2) is 10.0. The molecule has 8 aromatic rings. The molecule has 0 unspecified atom stereocenters. The van der Waals surface area contributed by atoms with Crippen LogP contribution in [0.4, 0.5) is 0 Å². The summed E-state index contributed by atoms with van der Waals surface area (Å²) >= 11 is 0. The van der Waals surface area contributed by atoms with Crippen molar-refractivity contribution in [1.82, 2.24) is 9.97 Å². The first kappa shape index (κ1) is 26.3. The molecule has 0 fully saturated rings. The number of rotatable bonds is 4. The summed E-state index contributed by atoms with van der Waals surface area (Å²) in [6.45, 7) is -0.0488. The summed E-state index contributed by atoms with van der Waals surface area (Å²) in [4.78, 5) is 9.03. The van der Waals surface area contributed by atoms with Crippen LogP contribution in [-0.4, -0.2) is 24.8 Å². The van der Waals surface area contributed by atoms with E-state index in [2.05, 4.69) is 119 Å². The summed E-state index contributed by atoms with van der Waals surface area (Å²) in [5, 5.41) is 6.99. The van der Waals surface area contributed by atoms with Crippen LogP contribution < -0.4 is 46.6 Å². The molecule has 0 bridgehead atoms. The zero-order valence-corrected chi connectivity index (χ0v) is 26.1. The summed E-state index contributed by atoms with van der Waals surface area (Å²) in [7, 11) is -3.01. The van der Waals surface area contributed by atoms with Gasteiger partial charge in [0.15, 0.2) is 8.07 Å². The Morgan fingerprint density at radius 1 is 0.553 bits per heavy atom. The zero-order chi connectivity index (χ0) is 31.0. The van der Waals surface area contributed by atoms with Crippen molar-refractivity contribution in [2.24, 2.45) is 0 Å². The molecule has 0 aliphatic carbocycles. The van der Waals surface area contributed by atoms with E-state index in [-0.39, 0.29) is 6.71 Å². The van der Waals surface area contributed by atoms with Crippen LogP contribution in [0, 0.1) is 0 Å². The number of furan rings is 1. The van der Waals surface area contributed by atoms with E-state index < -0.39 is 8.07 Å². The zero-order valence-electron chi connectivity index (χ0n) is 25.1. The third-order valence-electron chi connectivity index (χ3n) is 9.73. The average molecular weight is 621 g/mol. The Kier molecular flexibility index (Phi) is 5.62. The number of nitrogens with zero attached hydrogens (tertiary/aromatic N) is 2. The lowest BCUT2D eigenvalue weighted by atomic mass is 9.35. The molecule has 220 valence electrons. The molecule has 3 aromatic heterocycles. The van der Waals surface area contributed by atoms with Gasteiger partial charge in [0.2, 0.25) is 5.88 Å². The Morgan fingerprint density at radius 3 is 2.15 bits per heavy atom. The van der Waals surface area contributed by atoms with E-state index in [1.807, 2.05) is 30.5 Å². The van der Waals surface area contributed by atoms with Gasteiger partial charge in [-0.3, -0.25) is 4.98 Å². The molecule has 2 aliphatic heterocycles. The van der Waals surface area contributed by atoms with E-state index >= 15 is 0 Å². The lowest BCUT2D eigenvalue weighted by Gasteiger charge is -2.36. The highest BCUT2D eigenvalue weighted by Crippen LogP contribution is 2.33. The van der Waals surface area contributed by atoms with E-state index in [1.165, 1.54) is 20.7 Å². The van der Waals surface area contributed by atoms with E-state index in [0.717, 1.165) is 55.6 Å². The Morgan fingerprint density at radius 2 is 1.32 bits per heavy atom. The second-order valence-corrected chi connectivity index (χ2v) is 15.9. The Labute approximate surface area is 272 Å². The Hall–Kier alpha value is -5.92. The molecular formula is C40H25BN2O3Si. The maximum Gasteiger partial charge on any atom is 0.262 e. The maximum absolute atomic E-state index is 6.79. The lowest BCUT2D eigenvalue weighted by Crippen LogP contribution is -2.75. The van der Waals surface area contributed by atoms with Gasteiger partial charge < -0.3 is 13.9 Å². The Balaban J connectivity index is 1.29. The van der Waals surface area contributed by atoms with Gasteiger partial charge in [-0.15, -0.1) is 0 Å². The first-order valence-corrected chi connectivity index (χ1v) is 17.8. The van der Waals surface area contributed by atoms with Crippen LogP contribution in [-0.2, 0) is 0 Å². The van der Waals surface area contributed by atoms with Gasteiger partial charge in [0.05, 0.1) is 0 Å². The molecular weight excluding hydrogens is 595 g/mol. The number of aromatic nitrogens is 2. The monoisotopic (exact) mass is 620 g/mol. The predicted octanol–water partition coefficient (Wildman–Crippen LogP) is 4.48. The number of pyridine rings is 2. The molecule has 0 saturated heterocycles. The van der Waals surface area contributed by atoms with Crippen molar-refractivity contribution in [3.8, 4) is 23.1 Å². The fourth-order valence-corrected chi connectivity index (χ4v) is 12.6. The first-order chi connectivity index (χ1) is 23.3. The van der Waals surface area contributed by atoms with Gasteiger partial charge in [0.25, 0.3) is 6.71 Å². The van der Waals surface area contributed by atoms with Crippen molar-refractivity contribution < 1.29 is 13.9 Å². The molecule has 0 spiro atoms. The standard InChI is InChI=1S/C40H25BN2O3Si/c1-3-10-26(11-4-1)47(27-12-5-2-6-13-27,37-17-9-14-29-30-25-42-22-20-33(30)45-39(29)37)28-18-19-32-36(24-28)44-35-21-23-43-40-38(35)41(32)31-15-7-8-16-34(31)46-40/h1-25H. The van der Waals surface area contributed by atoms with Gasteiger partial charge >= 0.3 is 0 Å². The number of ether oxygens (including phenoxy) is 2. The second-order valence-electron chi connectivity index (χ2n) is 12.1. The highest BCUT2D eigenvalue weighted by molar-refractivity contribution is 7.20. The molecule has 0 amide bonds. The van der Waals surface area contributed by atoms with Gasteiger partial charge in [-0.1, -0.05) is 109 Å². The smallest absolute Gasteiger partial charge is 0.262 e. The molecule has 2 aliphatic rings. The largest absolute Gasteiger partial charge is 0.458 e. The van der Waals surface area contributed by atoms with Crippen LogP contribution >= 0.6 is 0 Å². The topological polar surface area (TPSA) is 57.4 Å². The average Bonchev–Trinajstić information content (AvgIpc) is 3.52. The molecule has 0 atom stereocenters. The van der Waals surface area contributed by atoms with E-state index in [4.69, 9.17) is 13.9 Å². The first-order valence-electron chi connectivity index (χ1n) is 15.8. The van der Waals surface area contributed by atoms with Gasteiger partial charge in [-0.25, -0.2) is 4.98 Å². The van der Waals surface area contributed by atoms with Gasteiger partial charge in [0, 0.05) is 34.8 Å². The van der Waals surface area contributed by atoms with E-state index in [0.29, 0.717) is 5.88 Å². The summed E-state index contributed by atoms with van der Waals surface area (Å²) in [6.07, 6.45) is 5.45. The quantitative estimate of drug-likeness (QED) is 0.215. The fourth-order valence-electron chi connectivity index (χ4n) is 7.76. The lowest BCUT2D eigenvalue weighted by molar-refractivity contribution is 0.450. The molecule has 5 nitrogen and oxygen atoms in total. The van der Waals surface area contributed by atoms with Crippen molar-refractivity contribution in [2.75, 3.05) is 0 Å². The van der Waals surface area contributed by atoms with Crippen molar-refractivity contribution >= 4 is 73.9 Å². The minimum atomic E-state index is -3.01. The van der Waals surface area contributed by atoms with Crippen LogP contribution in [0.3, 0.4) is 0 Å². The summed E-state index contributed by atoms with van der Waals surface area (Å²) in [5.41, 5.74) is 4.92. The summed E-state index contributed by atoms with van der Waals surface area (Å²) in [6, 6.07) is 47.4. The van der Waals surface area contributed by atoms with Crippen molar-refractivity contribution in [2.45, 2.75) is 0 Å². The van der Waals surface area contributed by atoms with Gasteiger partial charge in [-0.05, 0) is 55.9 Å². The van der Waals surface area contributed by atoms with Crippen LogP contribution in [0.1, 0.15) is 0 Å². The van der Waals surface area contributed by atoms with Crippen LogP contribution in [0.5, 0.6) is 23.1 Å². The normalized spacial score (nSPS) is 13.0. The van der Waals surface area contributed by atoms with Gasteiger partial charge in [0.1, 0.15) is 28.4 Å². The Bertz CT molecular complexity index is 2460. The van der Waals surface area contributed by atoms with Gasteiger partial charge in [-0.2, -0.15) is 0 Å². The van der Waals surface area contributed by atoms with E-state index in [1.54, 1.807) is 12.4 Å². The molecule has 7 heteroatoms. The molecule has 47 heavy (non-hydrogen) atoms. The maximum atomic E-state index is 6.79.